The van der Waals surface area contributed by atoms with Gasteiger partial charge in [-0.3, -0.25) is 9.59 Å². The molecule has 0 aromatic heterocycles. The third-order valence-electron chi connectivity index (χ3n) is 14.8. The molecule has 0 aromatic rings. The molecule has 0 saturated heterocycles. The molecule has 0 fully saturated rings. The Balaban J connectivity index is 4.18. The summed E-state index contributed by atoms with van der Waals surface area (Å²) >= 11 is 0. The van der Waals surface area contributed by atoms with E-state index in [9.17, 15) is 19.5 Å². The number of likely N-dealkylation sites (N-methyl/N-ethyl adjacent to an activating group) is 1. The minimum absolute atomic E-state index is 0.170. The molecule has 0 aliphatic heterocycles. The summed E-state index contributed by atoms with van der Waals surface area (Å²) < 4.78 is 22.9. The Morgan fingerprint density at radius 2 is 0.618 bits per heavy atom. The number of allylic oxidation sites excluding steroid dienone is 26. The van der Waals surface area contributed by atoms with E-state index in [1.807, 2.05) is 21.1 Å². The van der Waals surface area contributed by atoms with Crippen molar-refractivity contribution in [1.29, 1.82) is 0 Å². The number of aliphatic carboxylic acids is 1. The molecule has 2 atom stereocenters. The van der Waals surface area contributed by atoms with Crippen LogP contribution in [0.5, 0.6) is 0 Å². The molecule has 0 bridgehead atoms. The molecule has 0 radical (unpaired) electrons. The third-order valence-corrected chi connectivity index (χ3v) is 14.8. The van der Waals surface area contributed by atoms with Crippen LogP contribution in [0.4, 0.5) is 0 Å². The van der Waals surface area contributed by atoms with Crippen LogP contribution in [0.1, 0.15) is 271 Å². The van der Waals surface area contributed by atoms with Crippen molar-refractivity contribution in [2.45, 2.75) is 283 Å². The van der Waals surface area contributed by atoms with Gasteiger partial charge >= 0.3 is 17.9 Å². The van der Waals surface area contributed by atoms with Crippen LogP contribution >= 0.6 is 0 Å². The predicted octanol–water partition coefficient (Wildman–Crippen LogP) is 22.5. The quantitative estimate of drug-likeness (QED) is 0.0211. The summed E-state index contributed by atoms with van der Waals surface area (Å²) in [6, 6.07) is 0. The second-order valence-electron chi connectivity index (χ2n) is 24.4. The number of carboxylic acid groups (broad SMARTS) is 1. The largest absolute Gasteiger partial charge is 0.477 e. The molecule has 0 aliphatic rings. The molecule has 0 rings (SSSR count). The number of ether oxygens (including phenoxy) is 4. The number of unbranched alkanes of at least 4 members (excludes halogenated alkanes) is 23. The first-order valence-corrected chi connectivity index (χ1v) is 35.6. The molecule has 9 nitrogen and oxygen atoms in total. The summed E-state index contributed by atoms with van der Waals surface area (Å²) in [5.41, 5.74) is 0. The maximum Gasteiger partial charge on any atom is 0.361 e. The molecular weight excluding hydrogens is 1100 g/mol. The molecular formula is C80H132NO8+. The first kappa shape index (κ1) is 83.9. The van der Waals surface area contributed by atoms with Gasteiger partial charge in [0.2, 0.25) is 0 Å². The van der Waals surface area contributed by atoms with Crippen LogP contribution in [-0.4, -0.2) is 87.4 Å². The minimum Gasteiger partial charge on any atom is -0.477 e. The molecule has 0 heterocycles. The Kier molecular flexibility index (Phi) is 64.9. The van der Waals surface area contributed by atoms with E-state index in [0.29, 0.717) is 23.9 Å². The lowest BCUT2D eigenvalue weighted by Crippen LogP contribution is -2.40. The van der Waals surface area contributed by atoms with Crippen LogP contribution in [0.25, 0.3) is 0 Å². The van der Waals surface area contributed by atoms with Gasteiger partial charge in [0.15, 0.2) is 6.10 Å². The van der Waals surface area contributed by atoms with E-state index >= 15 is 0 Å². The van der Waals surface area contributed by atoms with Crippen LogP contribution in [0.15, 0.2) is 158 Å². The molecule has 0 aliphatic carbocycles. The zero-order valence-corrected chi connectivity index (χ0v) is 57.5. The number of carbonyl (C=O) groups is 3. The highest BCUT2D eigenvalue weighted by Gasteiger charge is 2.25. The number of hydrogen-bond acceptors (Lipinski definition) is 7. The van der Waals surface area contributed by atoms with Gasteiger partial charge in [0.1, 0.15) is 13.2 Å². The van der Waals surface area contributed by atoms with E-state index in [1.165, 1.54) is 128 Å². The summed E-state index contributed by atoms with van der Waals surface area (Å²) in [4.78, 5) is 37.6. The molecule has 89 heavy (non-hydrogen) atoms. The van der Waals surface area contributed by atoms with Crippen LogP contribution < -0.4 is 0 Å². The van der Waals surface area contributed by atoms with Gasteiger partial charge in [-0.2, -0.15) is 0 Å². The van der Waals surface area contributed by atoms with Gasteiger partial charge in [-0.15, -0.1) is 0 Å². The van der Waals surface area contributed by atoms with E-state index in [4.69, 9.17) is 18.9 Å². The summed E-state index contributed by atoms with van der Waals surface area (Å²) in [5, 5.41) is 9.74. The fourth-order valence-corrected chi connectivity index (χ4v) is 9.42. The van der Waals surface area contributed by atoms with Crippen molar-refractivity contribution in [3.8, 4) is 0 Å². The van der Waals surface area contributed by atoms with Crippen LogP contribution in [0.2, 0.25) is 0 Å². The zero-order valence-electron chi connectivity index (χ0n) is 57.5. The maximum absolute atomic E-state index is 12.9. The average Bonchev–Trinajstić information content (AvgIpc) is 3.71. The Labute approximate surface area is 546 Å². The summed E-state index contributed by atoms with van der Waals surface area (Å²) in [7, 11) is 5.95. The molecule has 0 amide bonds. The monoisotopic (exact) mass is 1230 g/mol. The van der Waals surface area contributed by atoms with Crippen LogP contribution in [0, 0.1) is 0 Å². The minimum atomic E-state index is -1.54. The van der Waals surface area contributed by atoms with Crippen molar-refractivity contribution in [1.82, 2.24) is 0 Å². The van der Waals surface area contributed by atoms with Crippen molar-refractivity contribution in [3.63, 3.8) is 0 Å². The first-order chi connectivity index (χ1) is 43.6. The normalized spacial score (nSPS) is 13.7. The highest BCUT2D eigenvalue weighted by molar-refractivity contribution is 5.71. The van der Waals surface area contributed by atoms with Crippen molar-refractivity contribution in [2.75, 3.05) is 47.5 Å². The first-order valence-electron chi connectivity index (χ1n) is 35.6. The molecule has 2 unspecified atom stereocenters. The Bertz CT molecular complexity index is 2020. The number of esters is 2. The number of nitrogens with zero attached hydrogens (tertiary/aromatic N) is 1. The summed E-state index contributed by atoms with van der Waals surface area (Å²) in [5.74, 6) is -2.09. The Hall–Kier alpha value is -5.09. The molecule has 0 aromatic carbocycles. The highest BCUT2D eigenvalue weighted by Crippen LogP contribution is 2.17. The number of hydrogen-bond donors (Lipinski definition) is 1. The second kappa shape index (κ2) is 68.8. The number of carboxylic acids is 1. The van der Waals surface area contributed by atoms with Crippen LogP contribution in [-0.2, 0) is 33.3 Å². The van der Waals surface area contributed by atoms with Crippen LogP contribution in [0.3, 0.4) is 0 Å². The second-order valence-corrected chi connectivity index (χ2v) is 24.4. The Morgan fingerprint density at radius 3 is 0.933 bits per heavy atom. The van der Waals surface area contributed by atoms with E-state index in [1.54, 1.807) is 0 Å². The molecule has 0 spiro atoms. The van der Waals surface area contributed by atoms with Gasteiger partial charge in [0.05, 0.1) is 34.4 Å². The maximum atomic E-state index is 12.9. The fourth-order valence-electron chi connectivity index (χ4n) is 9.42. The highest BCUT2D eigenvalue weighted by atomic mass is 16.7. The van der Waals surface area contributed by atoms with Gasteiger partial charge in [-0.25, -0.2) is 4.79 Å². The Morgan fingerprint density at radius 1 is 0.337 bits per heavy atom. The van der Waals surface area contributed by atoms with Crippen molar-refractivity contribution < 1.29 is 42.9 Å². The lowest BCUT2D eigenvalue weighted by molar-refractivity contribution is -0.870. The zero-order chi connectivity index (χ0) is 64.7. The van der Waals surface area contributed by atoms with Crippen molar-refractivity contribution in [2.24, 2.45) is 0 Å². The van der Waals surface area contributed by atoms with Gasteiger partial charge in [-0.05, 0) is 116 Å². The topological polar surface area (TPSA) is 108 Å². The van der Waals surface area contributed by atoms with Gasteiger partial charge < -0.3 is 28.5 Å². The van der Waals surface area contributed by atoms with Gasteiger partial charge in [0.25, 0.3) is 6.29 Å². The third kappa shape index (κ3) is 70.2. The van der Waals surface area contributed by atoms with E-state index < -0.39 is 24.3 Å². The molecule has 504 valence electrons. The van der Waals surface area contributed by atoms with Gasteiger partial charge in [0, 0.05) is 12.8 Å². The SMILES string of the molecule is CC/C=C\C/C=C\C/C=C\C/C=C\C/C=C\C/C=C\C/C=C\C/C=C\C/C=C\CCCC(=O)OC(COC(=O)CCCCCCCCCCCCCCCCCCCCCCCC/C=C\C/C=C\C/C=C\C/C=C\CC)COC(OCC[N+](C)(C)C)C(=O)O. The molecule has 9 heteroatoms. The molecule has 1 N–H and O–H groups in total. The van der Waals surface area contributed by atoms with E-state index in [0.717, 1.165) is 103 Å². The summed E-state index contributed by atoms with van der Waals surface area (Å²) in [6.07, 6.45) is 99.5. The number of carbonyl (C=O) groups excluding carboxylic acids is 2. The number of rotatable bonds is 64. The predicted molar refractivity (Wildman–Crippen MR) is 382 cm³/mol. The number of quaternary nitrogens is 1. The smallest absolute Gasteiger partial charge is 0.361 e. The fraction of sp³-hybridized carbons (Fsp3) is 0.637. The van der Waals surface area contributed by atoms with E-state index in [2.05, 4.69) is 172 Å². The summed E-state index contributed by atoms with van der Waals surface area (Å²) in [6.45, 7) is 4.59. The van der Waals surface area contributed by atoms with Gasteiger partial charge in [-0.1, -0.05) is 300 Å². The average molecular weight is 1240 g/mol. The standard InChI is InChI=1S/C80H131NO8/c1-6-8-10-12-14-16-18-20-22-24-26-28-30-32-34-36-37-38-39-40-41-43-44-46-48-50-52-54-56-58-60-62-64-66-68-70-77(82)87-74-76(75-88-80(79(84)85)86-73-72-81(3,4)5)89-78(83)71-69-67-65-63-61-59-57-55-53-51-49-47-45-42-35-33-31-29-27-25-23-21-19-17-15-13-11-9-7-2/h8-11,14-17,20-23,26-29,33,35,45,47,51,53,57,59,63,65,76,80H,6-7,12-13,18-19,24-25,30-32,34,36-44,46,48-50,52,54-56,58,60-62,64,66-75H2,1-5H3/p+1/b10-8-,11-9-,16-14-,17-15-,22-20-,23-21-,28-26-,29-27-,35-33-,47-45-,53-51-,59-57-,65-63-. The lowest BCUT2D eigenvalue weighted by Gasteiger charge is -2.25. The van der Waals surface area contributed by atoms with Crippen molar-refractivity contribution in [3.05, 3.63) is 158 Å². The lowest BCUT2D eigenvalue weighted by atomic mass is 10.0. The molecule has 0 saturated carbocycles. The van der Waals surface area contributed by atoms with E-state index in [-0.39, 0.29) is 38.6 Å². The van der Waals surface area contributed by atoms with Crippen molar-refractivity contribution >= 4 is 17.9 Å².